The first kappa shape index (κ1) is 14.2. The van der Waals surface area contributed by atoms with Crippen molar-refractivity contribution >= 4 is 11.6 Å². The minimum atomic E-state index is 0.762. The Morgan fingerprint density at radius 2 is 1.17 bits per heavy atom. The molecule has 0 radical (unpaired) electrons. The van der Waals surface area contributed by atoms with Gasteiger partial charge in [0.05, 0.1) is 0 Å². The molecule has 0 N–H and O–H groups in total. The molecule has 2 aliphatic rings. The van der Waals surface area contributed by atoms with Gasteiger partial charge in [0.15, 0.2) is 0 Å². The third-order valence-electron chi connectivity index (χ3n) is 5.11. The summed E-state index contributed by atoms with van der Waals surface area (Å²) in [5.41, 5.74) is 1.72. The van der Waals surface area contributed by atoms with Gasteiger partial charge in [-0.1, -0.05) is 29.8 Å². The maximum absolute atomic E-state index is 5.68. The van der Waals surface area contributed by atoms with Gasteiger partial charge >= 0.3 is 0 Å². The summed E-state index contributed by atoms with van der Waals surface area (Å²) >= 11 is 5.68. The van der Waals surface area contributed by atoms with Gasteiger partial charge in [0.2, 0.25) is 0 Å². The number of allylic oxidation sites excluding steroid dienone is 3. The first-order chi connectivity index (χ1) is 8.83. The fourth-order valence-electron chi connectivity index (χ4n) is 3.99. The van der Waals surface area contributed by atoms with Crippen LogP contribution in [0.3, 0.4) is 0 Å². The highest BCUT2D eigenvalue weighted by molar-refractivity contribution is 6.25. The Bertz CT molecular complexity index is 246. The van der Waals surface area contributed by atoms with Crippen molar-refractivity contribution in [3.8, 4) is 0 Å². The monoisotopic (exact) mass is 266 g/mol. The van der Waals surface area contributed by atoms with E-state index in [4.69, 9.17) is 11.6 Å². The van der Waals surface area contributed by atoms with Gasteiger partial charge in [0, 0.05) is 5.54 Å². The molecule has 0 nitrogen and oxygen atoms in total. The number of halogens is 1. The standard InChI is InChI=1S/C17H27Cl/c1-2-3-14-4-8-16(9-5-14)17-10-6-15(7-11-17)12-13-18/h2-3,12-17H,4-11H2,1H3. The molecule has 18 heavy (non-hydrogen) atoms. The van der Waals surface area contributed by atoms with Gasteiger partial charge in [-0.15, -0.1) is 0 Å². The van der Waals surface area contributed by atoms with Crippen LogP contribution in [0, 0.1) is 23.7 Å². The van der Waals surface area contributed by atoms with Crippen molar-refractivity contribution in [2.45, 2.75) is 58.3 Å². The quantitative estimate of drug-likeness (QED) is 0.556. The van der Waals surface area contributed by atoms with Gasteiger partial charge in [0.1, 0.15) is 0 Å². The van der Waals surface area contributed by atoms with Gasteiger partial charge in [-0.05, 0) is 82.0 Å². The van der Waals surface area contributed by atoms with Crippen molar-refractivity contribution in [3.63, 3.8) is 0 Å². The zero-order valence-electron chi connectivity index (χ0n) is 11.7. The van der Waals surface area contributed by atoms with Crippen LogP contribution in [0.5, 0.6) is 0 Å². The Morgan fingerprint density at radius 3 is 1.56 bits per heavy atom. The first-order valence-corrected chi connectivity index (χ1v) is 8.16. The second-order valence-electron chi connectivity index (χ2n) is 6.19. The van der Waals surface area contributed by atoms with Crippen LogP contribution in [0.15, 0.2) is 23.8 Å². The molecular formula is C17H27Cl. The summed E-state index contributed by atoms with van der Waals surface area (Å²) in [4.78, 5) is 0. The second-order valence-corrected chi connectivity index (χ2v) is 6.45. The highest BCUT2D eigenvalue weighted by Gasteiger charge is 2.29. The zero-order chi connectivity index (χ0) is 12.8. The lowest BCUT2D eigenvalue weighted by Crippen LogP contribution is -2.25. The summed E-state index contributed by atoms with van der Waals surface area (Å²) in [6, 6.07) is 0. The van der Waals surface area contributed by atoms with Crippen molar-refractivity contribution in [2.75, 3.05) is 0 Å². The summed E-state index contributed by atoms with van der Waals surface area (Å²) in [5.74, 6) is 3.67. The molecule has 0 aromatic rings. The highest BCUT2D eigenvalue weighted by Crippen LogP contribution is 2.41. The predicted octanol–water partition coefficient (Wildman–Crippen LogP) is 5.93. The average Bonchev–Trinajstić information content (AvgIpc) is 2.41. The van der Waals surface area contributed by atoms with E-state index in [1.807, 2.05) is 0 Å². The third kappa shape index (κ3) is 3.88. The Morgan fingerprint density at radius 1 is 0.722 bits per heavy atom. The van der Waals surface area contributed by atoms with Crippen LogP contribution < -0.4 is 0 Å². The van der Waals surface area contributed by atoms with Crippen LogP contribution in [0.25, 0.3) is 0 Å². The maximum atomic E-state index is 5.68. The lowest BCUT2D eigenvalue weighted by molar-refractivity contribution is 0.166. The molecule has 0 saturated heterocycles. The van der Waals surface area contributed by atoms with Crippen LogP contribution in [0.1, 0.15) is 58.3 Å². The maximum Gasteiger partial charge on any atom is 0.000525 e. The molecule has 2 rings (SSSR count). The van der Waals surface area contributed by atoms with Gasteiger partial charge in [-0.2, -0.15) is 0 Å². The summed E-state index contributed by atoms with van der Waals surface area (Å²) in [7, 11) is 0. The van der Waals surface area contributed by atoms with Gasteiger partial charge in [-0.3, -0.25) is 0 Å². The fraction of sp³-hybridized carbons (Fsp3) is 0.765. The van der Waals surface area contributed by atoms with Crippen molar-refractivity contribution in [3.05, 3.63) is 23.8 Å². The molecule has 0 aliphatic heterocycles. The Labute approximate surface area is 117 Å². The van der Waals surface area contributed by atoms with Crippen molar-refractivity contribution < 1.29 is 0 Å². The van der Waals surface area contributed by atoms with Crippen LogP contribution in [-0.2, 0) is 0 Å². The molecule has 2 aliphatic carbocycles. The molecule has 0 unspecified atom stereocenters. The van der Waals surface area contributed by atoms with E-state index in [2.05, 4.69) is 25.2 Å². The minimum absolute atomic E-state index is 0.762. The molecule has 0 heterocycles. The molecule has 1 heteroatoms. The summed E-state index contributed by atoms with van der Waals surface area (Å²) in [6.07, 6.45) is 18.2. The largest absolute Gasteiger partial charge is 0.0933 e. The second kappa shape index (κ2) is 7.38. The molecule has 102 valence electrons. The van der Waals surface area contributed by atoms with Crippen LogP contribution in [-0.4, -0.2) is 0 Å². The molecule has 0 spiro atoms. The van der Waals surface area contributed by atoms with Crippen LogP contribution >= 0.6 is 11.6 Å². The number of hydrogen-bond acceptors (Lipinski definition) is 0. The average molecular weight is 267 g/mol. The zero-order valence-corrected chi connectivity index (χ0v) is 12.4. The smallest absolute Gasteiger partial charge is 0.000525 e. The van der Waals surface area contributed by atoms with Crippen LogP contribution in [0.4, 0.5) is 0 Å². The SMILES string of the molecule is CC=CC1CCC(C2CCC(C=CCl)CC2)CC1. The van der Waals surface area contributed by atoms with E-state index >= 15 is 0 Å². The molecule has 2 saturated carbocycles. The van der Waals surface area contributed by atoms with E-state index in [0.29, 0.717) is 0 Å². The first-order valence-electron chi connectivity index (χ1n) is 7.73. The highest BCUT2D eigenvalue weighted by atomic mass is 35.5. The predicted molar refractivity (Wildman–Crippen MR) is 80.7 cm³/mol. The van der Waals surface area contributed by atoms with Gasteiger partial charge < -0.3 is 0 Å². The van der Waals surface area contributed by atoms with Crippen molar-refractivity contribution in [1.29, 1.82) is 0 Å². The molecule has 0 aromatic carbocycles. The van der Waals surface area contributed by atoms with Gasteiger partial charge in [0.25, 0.3) is 0 Å². The molecule has 0 aromatic heterocycles. The van der Waals surface area contributed by atoms with E-state index < -0.39 is 0 Å². The number of hydrogen-bond donors (Lipinski definition) is 0. The van der Waals surface area contributed by atoms with E-state index in [-0.39, 0.29) is 0 Å². The number of rotatable bonds is 3. The fourth-order valence-corrected chi connectivity index (χ4v) is 4.20. The van der Waals surface area contributed by atoms with Crippen molar-refractivity contribution in [1.82, 2.24) is 0 Å². The van der Waals surface area contributed by atoms with Crippen molar-refractivity contribution in [2.24, 2.45) is 23.7 Å². The topological polar surface area (TPSA) is 0 Å². The summed E-state index contributed by atoms with van der Waals surface area (Å²) < 4.78 is 0. The minimum Gasteiger partial charge on any atom is -0.0933 e. The van der Waals surface area contributed by atoms with E-state index in [1.54, 1.807) is 5.54 Å². The Balaban J connectivity index is 1.74. The lowest BCUT2D eigenvalue weighted by Gasteiger charge is -2.36. The van der Waals surface area contributed by atoms with E-state index in [1.165, 1.54) is 51.4 Å². The van der Waals surface area contributed by atoms with Gasteiger partial charge in [-0.25, -0.2) is 0 Å². The molecular weight excluding hydrogens is 240 g/mol. The molecule has 0 amide bonds. The lowest BCUT2D eigenvalue weighted by atomic mass is 9.69. The Hall–Kier alpha value is -0.230. The Kier molecular flexibility index (Phi) is 5.82. The summed E-state index contributed by atoms with van der Waals surface area (Å²) in [6.45, 7) is 2.15. The molecule has 0 bridgehead atoms. The van der Waals surface area contributed by atoms with Crippen LogP contribution in [0.2, 0.25) is 0 Å². The van der Waals surface area contributed by atoms with E-state index in [9.17, 15) is 0 Å². The molecule has 0 atom stereocenters. The third-order valence-corrected chi connectivity index (χ3v) is 5.25. The van der Waals surface area contributed by atoms with E-state index in [0.717, 1.165) is 23.7 Å². The summed E-state index contributed by atoms with van der Waals surface area (Å²) in [5, 5.41) is 0. The molecule has 2 fully saturated rings. The normalized spacial score (nSPS) is 38.6.